The molecule has 7 rings (SSSR count). The summed E-state index contributed by atoms with van der Waals surface area (Å²) >= 11 is 0. The number of hydrogen-bond donors (Lipinski definition) is 0. The third-order valence-electron chi connectivity index (χ3n) is 8.86. The summed E-state index contributed by atoms with van der Waals surface area (Å²) < 4.78 is 5.56. The standard InChI is InChI=1S/C31H32O4S/c1-36(25-8-4-2-5-9-25,26-10-6-3-7-11-26)27-14-12-22(13-15-27)28-23-16-21-17-24(28)20-31(18-21,19-23)35-30(34)29(32)33/h2-15,21,23-24,28H,16-20H2,1H3,(H,32,33)/p-1. The topological polar surface area (TPSA) is 66.4 Å². The molecule has 4 nitrogen and oxygen atoms in total. The van der Waals surface area contributed by atoms with Crippen LogP contribution in [0.1, 0.15) is 43.6 Å². The van der Waals surface area contributed by atoms with Crippen LogP contribution in [0.4, 0.5) is 0 Å². The summed E-state index contributed by atoms with van der Waals surface area (Å²) in [5.74, 6) is -1.17. The van der Waals surface area contributed by atoms with Crippen LogP contribution in [0.5, 0.6) is 0 Å². The molecule has 36 heavy (non-hydrogen) atoms. The van der Waals surface area contributed by atoms with E-state index in [4.69, 9.17) is 4.74 Å². The SMILES string of the molecule is CS(c1ccccc1)(c1ccccc1)c1ccc(C2C3CC4CC2CC(OC(=O)C(=O)[O-])(C4)C3)cc1. The lowest BCUT2D eigenvalue weighted by Crippen LogP contribution is -2.56. The number of esters is 1. The second-order valence-electron chi connectivity index (χ2n) is 11.0. The lowest BCUT2D eigenvalue weighted by atomic mass is 9.49. The number of hydrogen-bond acceptors (Lipinski definition) is 4. The molecule has 186 valence electrons. The van der Waals surface area contributed by atoms with Crippen LogP contribution < -0.4 is 5.11 Å². The molecular weight excluding hydrogens is 468 g/mol. The van der Waals surface area contributed by atoms with Crippen LogP contribution >= 0.6 is 10.0 Å². The van der Waals surface area contributed by atoms with Crippen molar-refractivity contribution in [2.45, 2.75) is 58.3 Å². The maximum atomic E-state index is 11.9. The molecule has 0 saturated heterocycles. The largest absolute Gasteiger partial charge is 0.539 e. The Labute approximate surface area is 214 Å². The van der Waals surface area contributed by atoms with Crippen molar-refractivity contribution in [3.63, 3.8) is 0 Å². The van der Waals surface area contributed by atoms with Crippen LogP contribution in [0, 0.1) is 17.8 Å². The van der Waals surface area contributed by atoms with Crippen LogP contribution in [0.15, 0.2) is 99.6 Å². The Kier molecular flexibility index (Phi) is 5.71. The average Bonchev–Trinajstić information content (AvgIpc) is 2.89. The molecule has 3 aromatic rings. The smallest absolute Gasteiger partial charge is 0.354 e. The molecule has 3 aromatic carbocycles. The van der Waals surface area contributed by atoms with Crippen molar-refractivity contribution in [2.75, 3.05) is 6.26 Å². The summed E-state index contributed by atoms with van der Waals surface area (Å²) in [4.78, 5) is 26.9. The van der Waals surface area contributed by atoms with E-state index in [1.165, 1.54) is 20.2 Å². The van der Waals surface area contributed by atoms with Gasteiger partial charge in [-0.05, 0) is 119 Å². The average molecular weight is 500 g/mol. The Hall–Kier alpha value is -3.05. The molecule has 0 radical (unpaired) electrons. The Morgan fingerprint density at radius 2 is 1.28 bits per heavy atom. The minimum absolute atomic E-state index is 0.415. The van der Waals surface area contributed by atoms with Crippen LogP contribution in [-0.4, -0.2) is 23.8 Å². The highest BCUT2D eigenvalue weighted by atomic mass is 32.3. The molecule has 2 unspecified atom stereocenters. The molecule has 0 heterocycles. The molecule has 4 aliphatic carbocycles. The summed E-state index contributed by atoms with van der Waals surface area (Å²) in [6.45, 7) is 0. The zero-order valence-corrected chi connectivity index (χ0v) is 21.3. The van der Waals surface area contributed by atoms with E-state index in [-0.39, 0.29) is 0 Å². The van der Waals surface area contributed by atoms with Crippen molar-refractivity contribution in [1.82, 2.24) is 0 Å². The Morgan fingerprint density at radius 3 is 1.78 bits per heavy atom. The van der Waals surface area contributed by atoms with Gasteiger partial charge in [-0.1, -0.05) is 48.5 Å². The maximum Gasteiger partial charge on any atom is 0.354 e. The van der Waals surface area contributed by atoms with Crippen molar-refractivity contribution in [3.05, 3.63) is 90.5 Å². The van der Waals surface area contributed by atoms with Gasteiger partial charge in [-0.15, -0.1) is 0 Å². The fourth-order valence-corrected chi connectivity index (χ4v) is 10.5. The van der Waals surface area contributed by atoms with E-state index in [0.717, 1.165) is 32.1 Å². The minimum Gasteiger partial charge on any atom is -0.539 e. The summed E-state index contributed by atoms with van der Waals surface area (Å²) in [6, 6.07) is 30.9. The fraction of sp³-hybridized carbons (Fsp3) is 0.355. The molecule has 0 amide bonds. The molecule has 0 aliphatic heterocycles. The number of carboxylic acid groups (broad SMARTS) is 1. The van der Waals surface area contributed by atoms with E-state index in [2.05, 4.69) is 91.2 Å². The molecule has 0 spiro atoms. The highest BCUT2D eigenvalue weighted by molar-refractivity contribution is 8.33. The predicted octanol–water partition coefficient (Wildman–Crippen LogP) is 5.55. The van der Waals surface area contributed by atoms with E-state index in [0.29, 0.717) is 23.7 Å². The van der Waals surface area contributed by atoms with Gasteiger partial charge in [-0.3, -0.25) is 0 Å². The first-order valence-electron chi connectivity index (χ1n) is 12.8. The minimum atomic E-state index is -1.74. The third kappa shape index (κ3) is 3.85. The lowest BCUT2D eigenvalue weighted by molar-refractivity contribution is -0.306. The Bertz CT molecular complexity index is 1220. The number of ether oxygens (including phenoxy) is 1. The summed E-state index contributed by atoms with van der Waals surface area (Å²) in [5, 5.41) is 11.0. The van der Waals surface area contributed by atoms with Gasteiger partial charge in [0.1, 0.15) is 5.60 Å². The second kappa shape index (κ2) is 8.81. The first-order valence-corrected chi connectivity index (χ1v) is 14.8. The molecule has 0 N–H and O–H groups in total. The Morgan fingerprint density at radius 1 is 0.778 bits per heavy atom. The van der Waals surface area contributed by atoms with Crippen molar-refractivity contribution in [3.8, 4) is 0 Å². The second-order valence-corrected chi connectivity index (χ2v) is 14.2. The van der Waals surface area contributed by atoms with Gasteiger partial charge in [0.15, 0.2) is 5.97 Å². The van der Waals surface area contributed by atoms with Crippen molar-refractivity contribution < 1.29 is 19.4 Å². The first-order chi connectivity index (χ1) is 17.4. The quantitative estimate of drug-likeness (QED) is 0.341. The van der Waals surface area contributed by atoms with Gasteiger partial charge in [0.05, 0.1) is 0 Å². The van der Waals surface area contributed by atoms with Crippen LogP contribution in [0.25, 0.3) is 0 Å². The van der Waals surface area contributed by atoms with Gasteiger partial charge in [0, 0.05) is 0 Å². The van der Waals surface area contributed by atoms with Gasteiger partial charge >= 0.3 is 5.97 Å². The lowest BCUT2D eigenvalue weighted by Gasteiger charge is -2.59. The van der Waals surface area contributed by atoms with Gasteiger partial charge in [-0.25, -0.2) is 4.79 Å². The molecule has 4 bridgehead atoms. The molecular formula is C31H31O4S-. The monoisotopic (exact) mass is 499 g/mol. The number of aliphatic carboxylic acids is 1. The fourth-order valence-electron chi connectivity index (χ4n) is 7.61. The van der Waals surface area contributed by atoms with Crippen LogP contribution in [0.3, 0.4) is 0 Å². The van der Waals surface area contributed by atoms with Crippen LogP contribution in [-0.2, 0) is 14.3 Å². The summed E-state index contributed by atoms with van der Waals surface area (Å²) in [7, 11) is -1.39. The van der Waals surface area contributed by atoms with E-state index in [9.17, 15) is 14.7 Å². The van der Waals surface area contributed by atoms with Gasteiger partial charge < -0.3 is 14.6 Å². The molecule has 2 atom stereocenters. The number of rotatable bonds is 5. The van der Waals surface area contributed by atoms with Gasteiger partial charge in [0.2, 0.25) is 0 Å². The molecule has 4 aliphatic rings. The molecule has 4 saturated carbocycles. The van der Waals surface area contributed by atoms with Crippen molar-refractivity contribution in [1.29, 1.82) is 0 Å². The van der Waals surface area contributed by atoms with Gasteiger partial charge in [0.25, 0.3) is 0 Å². The molecule has 4 fully saturated rings. The normalized spacial score (nSPS) is 29.0. The zero-order chi connectivity index (χ0) is 24.9. The number of benzene rings is 3. The van der Waals surface area contributed by atoms with E-state index in [1.807, 2.05) is 0 Å². The number of carbonyl (C=O) groups is 2. The zero-order valence-electron chi connectivity index (χ0n) is 20.5. The van der Waals surface area contributed by atoms with Gasteiger partial charge in [-0.2, -0.15) is 10.0 Å². The predicted molar refractivity (Wildman–Crippen MR) is 138 cm³/mol. The molecule has 0 aromatic heterocycles. The molecule has 5 heteroatoms. The van der Waals surface area contributed by atoms with E-state index >= 15 is 0 Å². The van der Waals surface area contributed by atoms with Crippen LogP contribution in [0.2, 0.25) is 0 Å². The number of carboxylic acids is 1. The summed E-state index contributed by atoms with van der Waals surface area (Å²) in [5.41, 5.74) is 0.741. The van der Waals surface area contributed by atoms with Crippen molar-refractivity contribution >= 4 is 22.0 Å². The Balaban J connectivity index is 1.31. The highest BCUT2D eigenvalue weighted by Gasteiger charge is 2.57. The first kappa shape index (κ1) is 23.4. The third-order valence-corrected chi connectivity index (χ3v) is 12.5. The maximum absolute atomic E-state index is 11.9. The van der Waals surface area contributed by atoms with E-state index < -0.39 is 27.6 Å². The highest BCUT2D eigenvalue weighted by Crippen LogP contribution is 2.66. The van der Waals surface area contributed by atoms with E-state index in [1.54, 1.807) is 0 Å². The van der Waals surface area contributed by atoms with Crippen molar-refractivity contribution in [2.24, 2.45) is 17.8 Å². The summed E-state index contributed by atoms with van der Waals surface area (Å²) in [6.07, 6.45) is 6.94. The number of carbonyl (C=O) groups excluding carboxylic acids is 2.